The molecule has 1 N–H and O–H groups in total. The molecule has 0 spiro atoms. The Morgan fingerprint density at radius 2 is 1.83 bits per heavy atom. The SMILES string of the molecule is OCc1ccc(OCC2C(c3c(Cl)cccc3Cl)=NOC2C2CC2)nc1C(F)(F)F. The number of ether oxygens (including phenoxy) is 1. The van der Waals surface area contributed by atoms with Crippen molar-refractivity contribution in [2.24, 2.45) is 17.0 Å². The van der Waals surface area contributed by atoms with Gasteiger partial charge < -0.3 is 14.7 Å². The van der Waals surface area contributed by atoms with Crippen molar-refractivity contribution in [1.29, 1.82) is 0 Å². The van der Waals surface area contributed by atoms with Gasteiger partial charge in [0, 0.05) is 17.2 Å². The Morgan fingerprint density at radius 1 is 1.13 bits per heavy atom. The van der Waals surface area contributed by atoms with E-state index in [-0.39, 0.29) is 36.0 Å². The molecule has 1 aromatic carbocycles. The lowest BCUT2D eigenvalue weighted by Crippen LogP contribution is -2.32. The van der Waals surface area contributed by atoms with E-state index in [1.165, 1.54) is 6.07 Å². The van der Waals surface area contributed by atoms with E-state index in [1.807, 2.05) is 0 Å². The summed E-state index contributed by atoms with van der Waals surface area (Å²) >= 11 is 12.6. The standard InChI is InChI=1S/C20H17Cl2F3N2O3/c21-13-2-1-3-14(22)16(13)17-12(18(30-27-17)10-4-5-10)9-29-15-7-6-11(8-28)19(26-15)20(23,24)25/h1-3,6-7,10,12,18,28H,4-5,8-9H2. The lowest BCUT2D eigenvalue weighted by atomic mass is 9.90. The third-order valence-electron chi connectivity index (χ3n) is 5.13. The summed E-state index contributed by atoms with van der Waals surface area (Å²) in [5.41, 5.74) is -0.463. The van der Waals surface area contributed by atoms with E-state index in [0.29, 0.717) is 21.3 Å². The van der Waals surface area contributed by atoms with E-state index in [1.54, 1.807) is 18.2 Å². The molecule has 1 aliphatic heterocycles. The number of hydrogen-bond acceptors (Lipinski definition) is 5. The number of aromatic nitrogens is 1. The third kappa shape index (κ3) is 4.22. The molecular weight excluding hydrogens is 444 g/mol. The van der Waals surface area contributed by atoms with Gasteiger partial charge in [0.2, 0.25) is 5.88 Å². The van der Waals surface area contributed by atoms with Crippen LogP contribution in [0.25, 0.3) is 0 Å². The van der Waals surface area contributed by atoms with Gasteiger partial charge in [-0.15, -0.1) is 0 Å². The topological polar surface area (TPSA) is 63.9 Å². The van der Waals surface area contributed by atoms with E-state index >= 15 is 0 Å². The smallest absolute Gasteiger partial charge is 0.433 e. The highest BCUT2D eigenvalue weighted by Gasteiger charge is 2.46. The first-order valence-corrected chi connectivity index (χ1v) is 10.0. The monoisotopic (exact) mass is 460 g/mol. The Morgan fingerprint density at radius 3 is 2.43 bits per heavy atom. The van der Waals surface area contributed by atoms with Crippen molar-refractivity contribution in [3.05, 3.63) is 57.2 Å². The largest absolute Gasteiger partial charge is 0.477 e. The van der Waals surface area contributed by atoms with Crippen molar-refractivity contribution in [3.8, 4) is 5.88 Å². The van der Waals surface area contributed by atoms with Crippen LogP contribution in [0.1, 0.15) is 29.7 Å². The predicted molar refractivity (Wildman–Crippen MR) is 105 cm³/mol. The molecule has 2 atom stereocenters. The fraction of sp³-hybridized carbons (Fsp3) is 0.400. The number of rotatable bonds is 6. The summed E-state index contributed by atoms with van der Waals surface area (Å²) in [6.07, 6.45) is -3.03. The van der Waals surface area contributed by atoms with Gasteiger partial charge >= 0.3 is 6.18 Å². The summed E-state index contributed by atoms with van der Waals surface area (Å²) in [6, 6.07) is 7.51. The lowest BCUT2D eigenvalue weighted by molar-refractivity contribution is -0.142. The minimum absolute atomic E-state index is 0.00960. The molecule has 0 saturated heterocycles. The maximum Gasteiger partial charge on any atom is 0.433 e. The lowest BCUT2D eigenvalue weighted by Gasteiger charge is -2.20. The van der Waals surface area contributed by atoms with Crippen LogP contribution < -0.4 is 4.74 Å². The Labute approximate surface area is 180 Å². The van der Waals surface area contributed by atoms with Crippen LogP contribution >= 0.6 is 23.2 Å². The summed E-state index contributed by atoms with van der Waals surface area (Å²) in [6.45, 7) is -0.783. The van der Waals surface area contributed by atoms with E-state index < -0.39 is 18.5 Å². The molecule has 30 heavy (non-hydrogen) atoms. The normalized spacial score (nSPS) is 21.3. The van der Waals surface area contributed by atoms with Gasteiger partial charge in [0.1, 0.15) is 18.4 Å². The second-order valence-corrected chi connectivity index (χ2v) is 8.03. The van der Waals surface area contributed by atoms with Gasteiger partial charge in [-0.1, -0.05) is 34.4 Å². The highest BCUT2D eigenvalue weighted by molar-refractivity contribution is 6.40. The predicted octanol–water partition coefficient (Wildman–Crippen LogP) is 5.11. The van der Waals surface area contributed by atoms with E-state index in [0.717, 1.165) is 18.9 Å². The fourth-order valence-corrected chi connectivity index (χ4v) is 4.09. The zero-order valence-corrected chi connectivity index (χ0v) is 17.0. The summed E-state index contributed by atoms with van der Waals surface area (Å²) in [7, 11) is 0. The van der Waals surface area contributed by atoms with Crippen LogP contribution in [0, 0.1) is 11.8 Å². The van der Waals surface area contributed by atoms with Crippen molar-refractivity contribution >= 4 is 28.9 Å². The molecule has 1 saturated carbocycles. The van der Waals surface area contributed by atoms with Crippen LogP contribution in [-0.2, 0) is 17.6 Å². The summed E-state index contributed by atoms with van der Waals surface area (Å²) < 4.78 is 45.2. The summed E-state index contributed by atoms with van der Waals surface area (Å²) in [4.78, 5) is 9.18. The average Bonchev–Trinajstić information content (AvgIpc) is 3.46. The Balaban J connectivity index is 1.59. The van der Waals surface area contributed by atoms with Crippen molar-refractivity contribution in [1.82, 2.24) is 4.98 Å². The fourth-order valence-electron chi connectivity index (χ4n) is 3.50. The average molecular weight is 461 g/mol. The first-order chi connectivity index (χ1) is 14.3. The quantitative estimate of drug-likeness (QED) is 0.650. The number of halogens is 5. The second kappa shape index (κ2) is 8.24. The number of oxime groups is 1. The van der Waals surface area contributed by atoms with Gasteiger partial charge in [-0.05, 0) is 37.0 Å². The van der Waals surface area contributed by atoms with Crippen molar-refractivity contribution in [2.45, 2.75) is 31.7 Å². The number of alkyl halides is 3. The molecule has 0 bridgehead atoms. The zero-order valence-electron chi connectivity index (χ0n) is 15.5. The minimum Gasteiger partial charge on any atom is -0.477 e. The van der Waals surface area contributed by atoms with Gasteiger partial charge in [0.05, 0.1) is 22.6 Å². The highest BCUT2D eigenvalue weighted by atomic mass is 35.5. The van der Waals surface area contributed by atoms with Crippen molar-refractivity contribution in [2.75, 3.05) is 6.61 Å². The molecule has 1 aromatic heterocycles. The van der Waals surface area contributed by atoms with Crippen molar-refractivity contribution in [3.63, 3.8) is 0 Å². The molecule has 1 fully saturated rings. The molecule has 4 rings (SSSR count). The number of benzene rings is 1. The van der Waals surface area contributed by atoms with E-state index in [2.05, 4.69) is 10.1 Å². The van der Waals surface area contributed by atoms with E-state index in [4.69, 9.17) is 37.9 Å². The van der Waals surface area contributed by atoms with Gasteiger partial charge in [0.15, 0.2) is 5.69 Å². The first kappa shape index (κ1) is 21.2. The first-order valence-electron chi connectivity index (χ1n) is 9.28. The Hall–Kier alpha value is -2.03. The number of aliphatic hydroxyl groups is 1. The molecule has 10 heteroatoms. The van der Waals surface area contributed by atoms with Crippen LogP contribution in [0.5, 0.6) is 5.88 Å². The Bertz CT molecular complexity index is 960. The molecule has 0 radical (unpaired) electrons. The third-order valence-corrected chi connectivity index (χ3v) is 5.76. The van der Waals surface area contributed by atoms with E-state index in [9.17, 15) is 13.2 Å². The zero-order chi connectivity index (χ0) is 21.5. The molecule has 160 valence electrons. The molecule has 5 nitrogen and oxygen atoms in total. The molecule has 2 aromatic rings. The minimum atomic E-state index is -4.71. The van der Waals surface area contributed by atoms with Gasteiger partial charge in [-0.3, -0.25) is 0 Å². The molecule has 0 amide bonds. The molecule has 2 heterocycles. The number of pyridine rings is 1. The van der Waals surface area contributed by atoms with Crippen LogP contribution in [0.15, 0.2) is 35.5 Å². The molecule has 2 unspecified atom stereocenters. The Kier molecular flexibility index (Phi) is 5.83. The second-order valence-electron chi connectivity index (χ2n) is 7.21. The molecule has 1 aliphatic carbocycles. The number of aliphatic hydroxyl groups excluding tert-OH is 1. The molecule has 2 aliphatic rings. The highest BCUT2D eigenvalue weighted by Crippen LogP contribution is 2.43. The number of hydrogen-bond donors (Lipinski definition) is 1. The van der Waals surface area contributed by atoms with Crippen molar-refractivity contribution < 1.29 is 27.9 Å². The van der Waals surface area contributed by atoms with Crippen LogP contribution in [0.4, 0.5) is 13.2 Å². The summed E-state index contributed by atoms with van der Waals surface area (Å²) in [5, 5.41) is 14.1. The maximum atomic E-state index is 13.2. The number of nitrogens with zero attached hydrogens (tertiary/aromatic N) is 2. The van der Waals surface area contributed by atoms with Crippen LogP contribution in [0.2, 0.25) is 10.0 Å². The van der Waals surface area contributed by atoms with Gasteiger partial charge in [0.25, 0.3) is 0 Å². The van der Waals surface area contributed by atoms with Gasteiger partial charge in [-0.25, -0.2) is 4.98 Å². The molecular formula is C20H17Cl2F3N2O3. The summed E-state index contributed by atoms with van der Waals surface area (Å²) in [5.74, 6) is -0.286. The van der Waals surface area contributed by atoms with Crippen LogP contribution in [0.3, 0.4) is 0 Å². The van der Waals surface area contributed by atoms with Gasteiger partial charge in [-0.2, -0.15) is 13.2 Å². The van der Waals surface area contributed by atoms with Crippen LogP contribution in [-0.4, -0.2) is 28.5 Å². The maximum absolute atomic E-state index is 13.2.